The van der Waals surface area contributed by atoms with Gasteiger partial charge in [0, 0.05) is 119 Å². The number of nitrogens with zero attached hydrogens (tertiary/aromatic N) is 6. The van der Waals surface area contributed by atoms with Gasteiger partial charge in [0.05, 0.1) is 37.9 Å². The van der Waals surface area contributed by atoms with Crippen molar-refractivity contribution < 1.29 is 135 Å². The van der Waals surface area contributed by atoms with Gasteiger partial charge in [-0.15, -0.1) is 23.2 Å². The Kier molecular flexibility index (Phi) is 47.4. The van der Waals surface area contributed by atoms with Gasteiger partial charge in [-0.1, -0.05) is 245 Å². The van der Waals surface area contributed by atoms with Crippen LogP contribution in [0.2, 0.25) is 10.0 Å². The Morgan fingerprint density at radius 2 is 0.724 bits per heavy atom. The molecule has 5 saturated heterocycles. The maximum atomic E-state index is 11.1. The van der Waals surface area contributed by atoms with Crippen molar-refractivity contribution in [2.24, 2.45) is 0 Å². The van der Waals surface area contributed by atoms with Crippen LogP contribution < -0.4 is 119 Å². The van der Waals surface area contributed by atoms with Gasteiger partial charge in [-0.2, -0.15) is 0 Å². The number of aliphatic hydroxyl groups is 2. The van der Waals surface area contributed by atoms with Crippen molar-refractivity contribution in [2.45, 2.75) is 74.3 Å². The van der Waals surface area contributed by atoms with E-state index in [0.717, 1.165) is 196 Å². The van der Waals surface area contributed by atoms with Crippen molar-refractivity contribution in [3.8, 4) is 0 Å². The molecule has 4 N–H and O–H groups in total. The second kappa shape index (κ2) is 54.3. The van der Waals surface area contributed by atoms with Crippen LogP contribution in [0.3, 0.4) is 0 Å². The molecule has 21 heteroatoms. The number of rotatable bonds is 21. The van der Waals surface area contributed by atoms with E-state index in [-0.39, 0.29) is 111 Å². The Balaban J connectivity index is 0.000000297. The predicted molar refractivity (Wildman–Crippen MR) is 428 cm³/mol. The van der Waals surface area contributed by atoms with E-state index in [0.29, 0.717) is 23.1 Å². The first-order valence-corrected chi connectivity index (χ1v) is 39.2. The minimum atomic E-state index is -1.00. The third kappa shape index (κ3) is 32.3. The zero-order valence-electron chi connectivity index (χ0n) is 63.5. The number of hydrogen-bond donors (Lipinski definition) is 4. The van der Waals surface area contributed by atoms with Crippen LogP contribution in [0.1, 0.15) is 110 Å². The van der Waals surface area contributed by atoms with Crippen molar-refractivity contribution in [3.63, 3.8) is 0 Å². The van der Waals surface area contributed by atoms with E-state index in [9.17, 15) is 14.6 Å². The number of likely N-dealkylation sites (tertiary alicyclic amines) is 1. The SMILES string of the molecule is ClCCCBr.ClCCCN1CCN(C(c2ccccc2)c2ccccc2)CC1.O=CO[O-].OC1(c2ccc(Cl)cc2)CCN(CCCN2CCN(C(c3ccccc3)c3ccccc3)CC2)CC1.OC1(c2ccc(Cl)cc2)CCNCC1.[2H]CF.[H-].[K+].[K+].c1ccc(C(c2ccccc2)N2CCNCC2)cc1. The summed E-state index contributed by atoms with van der Waals surface area (Å²) in [5, 5.41) is 39.0. The molecule has 0 unspecified atom stereocenters. The second-order valence-corrected chi connectivity index (χ2v) is 28.6. The van der Waals surface area contributed by atoms with Crippen LogP contribution in [-0.2, 0) is 20.9 Å². The van der Waals surface area contributed by atoms with Gasteiger partial charge in [0.25, 0.3) is 6.47 Å². The quantitative estimate of drug-likeness (QED) is 0.0179. The minimum Gasteiger partial charge on any atom is -1.00 e. The number of carbonyl (C=O) groups excluding carboxylic acids is 1. The van der Waals surface area contributed by atoms with E-state index >= 15 is 0 Å². The molecule has 558 valence electrons. The molecule has 0 spiro atoms. The summed E-state index contributed by atoms with van der Waals surface area (Å²) in [6.07, 6.45) is 6.45. The number of hydrogen-bond acceptors (Lipinski definition) is 13. The molecule has 5 aliphatic heterocycles. The molecule has 5 fully saturated rings. The van der Waals surface area contributed by atoms with Crippen LogP contribution in [0.5, 0.6) is 0 Å². The molecule has 8 aromatic carbocycles. The molecule has 5 heterocycles. The number of piperidine rings is 2. The van der Waals surface area contributed by atoms with Gasteiger partial charge in [-0.3, -0.25) is 23.9 Å². The van der Waals surface area contributed by atoms with Crippen molar-refractivity contribution in [3.05, 3.63) is 285 Å². The Morgan fingerprint density at radius 3 is 1.00 bits per heavy atom. The third-order valence-electron chi connectivity index (χ3n) is 19.5. The molecular formula is C84H108BrCl4FK2N8O5. The zero-order valence-corrected chi connectivity index (χ0v) is 72.4. The summed E-state index contributed by atoms with van der Waals surface area (Å²) in [7, 11) is -1.00. The average Bonchev–Trinajstić information content (AvgIpc) is 0.828. The fourth-order valence-electron chi connectivity index (χ4n) is 14.0. The van der Waals surface area contributed by atoms with Crippen LogP contribution in [0.25, 0.3) is 0 Å². The number of halogens is 6. The number of nitrogens with one attached hydrogen (secondary N) is 2. The monoisotopic (exact) mass is 1630 g/mol. The van der Waals surface area contributed by atoms with Crippen LogP contribution in [-0.4, -0.2) is 195 Å². The fourth-order valence-corrected chi connectivity index (χ4v) is 15.1. The molecule has 5 aliphatic rings. The van der Waals surface area contributed by atoms with Crippen LogP contribution in [0, 0.1) is 0 Å². The average molecular weight is 1630 g/mol. The van der Waals surface area contributed by atoms with E-state index in [1.54, 1.807) is 0 Å². The summed E-state index contributed by atoms with van der Waals surface area (Å²) in [5.41, 5.74) is 8.88. The van der Waals surface area contributed by atoms with Crippen LogP contribution in [0.4, 0.5) is 4.39 Å². The van der Waals surface area contributed by atoms with Crippen LogP contribution >= 0.6 is 62.3 Å². The Morgan fingerprint density at radius 1 is 0.457 bits per heavy atom. The number of carbonyl (C=O) groups is 1. The summed E-state index contributed by atoms with van der Waals surface area (Å²) in [4.78, 5) is 26.7. The summed E-state index contributed by atoms with van der Waals surface area (Å²) in [5.74, 6) is 1.53. The molecule has 13 rings (SSSR count). The van der Waals surface area contributed by atoms with Crippen molar-refractivity contribution in [2.75, 3.05) is 149 Å². The molecule has 13 nitrogen and oxygen atoms in total. The van der Waals surface area contributed by atoms with Gasteiger partial charge in [0.2, 0.25) is 0 Å². The molecular weight excluding hydrogens is 1520 g/mol. The van der Waals surface area contributed by atoms with E-state index < -0.39 is 18.4 Å². The number of benzene rings is 8. The molecule has 0 amide bonds. The molecule has 0 saturated carbocycles. The molecule has 8 aromatic rings. The molecule has 0 aromatic heterocycles. The smallest absolute Gasteiger partial charge is 1.00 e. The van der Waals surface area contributed by atoms with Crippen molar-refractivity contribution in [1.82, 2.24) is 40.0 Å². The van der Waals surface area contributed by atoms with E-state index in [1.165, 1.54) is 39.8 Å². The molecule has 0 radical (unpaired) electrons. The van der Waals surface area contributed by atoms with Crippen molar-refractivity contribution in [1.29, 1.82) is 0 Å². The van der Waals surface area contributed by atoms with Crippen LogP contribution in [0.15, 0.2) is 231 Å². The Labute approximate surface area is 742 Å². The standard InChI is InChI=1S/C31H38ClN3O.C20H25ClN2.C17H20N2.C11H14ClNO.C3H6BrCl.CH3F.CH2O3.2K.H/c32-29-14-12-28(13-15-29)31(36)16-20-33(21-17-31)18-7-19-34-22-24-35(25-23-34)30(26-8-3-1-4-9-26)27-10-5-2-6-11-27;21-12-7-13-22-14-16-23(17-15-22)20(18-8-3-1-4-9-18)19-10-5-2-6-11-19;1-3-7-15(8-4-1)17(16-9-5-2-6-10-16)19-13-11-18-12-14-19;12-10-3-1-9(2-4-10)11(14)5-7-13-8-6-11;4-2-1-3-5;1-2;2-1-4-3;;;/h1-6,8-15,30,36H,7,16-25H2;1-6,8-11,20H,7,12-17H2;1-10,17-18H,11-14H2;1-4,13-14H,5-8H2;1-3H2;1H3;1,3H;;;/q;;;;;;;2*+1;-1/p-1/i;;;;;1D;;;;. The number of alkyl halides is 4. The van der Waals surface area contributed by atoms with E-state index in [2.05, 4.69) is 243 Å². The van der Waals surface area contributed by atoms with Gasteiger partial charge in [-0.05, 0) is 146 Å². The van der Waals surface area contributed by atoms with Gasteiger partial charge in [0.15, 0.2) is 0 Å². The summed E-state index contributed by atoms with van der Waals surface area (Å²) in [6, 6.07) is 81.5. The van der Waals surface area contributed by atoms with Gasteiger partial charge < -0.3 is 47.1 Å². The van der Waals surface area contributed by atoms with E-state index in [1.807, 2.05) is 48.5 Å². The molecule has 105 heavy (non-hydrogen) atoms. The van der Waals surface area contributed by atoms with Crippen molar-refractivity contribution >= 4 is 68.8 Å². The largest absolute Gasteiger partial charge is 1.00 e. The topological polar surface area (TPSA) is 133 Å². The predicted octanol–water partition coefficient (Wildman–Crippen LogP) is 9.19. The fraction of sp³-hybridized carbons (Fsp3) is 0.417. The Bertz CT molecular complexity index is 3360. The summed E-state index contributed by atoms with van der Waals surface area (Å²) >= 11 is 26.1. The maximum absolute atomic E-state index is 11.1. The normalized spacial score (nSPS) is 16.9. The minimum absolute atomic E-state index is 0. The maximum Gasteiger partial charge on any atom is 1.00 e. The zero-order chi connectivity index (χ0) is 73.9. The summed E-state index contributed by atoms with van der Waals surface area (Å²) in [6.45, 7) is 20.1. The van der Waals surface area contributed by atoms with Gasteiger partial charge >= 0.3 is 103 Å². The van der Waals surface area contributed by atoms with Gasteiger partial charge in [0.1, 0.15) is 0 Å². The number of piperazine rings is 3. The first-order chi connectivity index (χ1) is 50.9. The summed E-state index contributed by atoms with van der Waals surface area (Å²) < 4.78 is 15.5. The molecule has 0 bridgehead atoms. The molecule has 0 atom stereocenters. The van der Waals surface area contributed by atoms with E-state index in [4.69, 9.17) is 57.8 Å². The first-order valence-electron chi connectivity index (χ1n) is 36.9. The van der Waals surface area contributed by atoms with Gasteiger partial charge in [-0.25, -0.2) is 0 Å². The first kappa shape index (κ1) is 91.5. The third-order valence-corrected chi connectivity index (χ3v) is 21.1. The Hall–Kier alpha value is -2.37. The second-order valence-electron chi connectivity index (χ2n) is 26.2. The molecule has 0 aliphatic carbocycles.